The molecule has 6 nitrogen and oxygen atoms in total. The number of H-pyrrole nitrogens is 1. The molecule has 0 bridgehead atoms. The quantitative estimate of drug-likeness (QED) is 0.285. The highest BCUT2D eigenvalue weighted by Gasteiger charge is 2.19. The van der Waals surface area contributed by atoms with Crippen LogP contribution in [-0.2, 0) is 6.54 Å². The molecule has 5 aromatic rings. The minimum atomic E-state index is -0.236. The lowest BCUT2D eigenvalue weighted by atomic mass is 10.0. The molecule has 1 aliphatic rings. The first kappa shape index (κ1) is 23.7. The zero-order valence-electron chi connectivity index (χ0n) is 20.9. The molecule has 0 saturated carbocycles. The van der Waals surface area contributed by atoms with Crippen LogP contribution >= 0.6 is 11.8 Å². The molecular weight excluding hydrogens is 487 g/mol. The van der Waals surface area contributed by atoms with Gasteiger partial charge in [0.1, 0.15) is 11.5 Å². The topological polar surface area (TPSA) is 53.0 Å². The van der Waals surface area contributed by atoms with Crippen molar-refractivity contribution in [3.8, 4) is 22.3 Å². The van der Waals surface area contributed by atoms with Gasteiger partial charge in [-0.2, -0.15) is 5.10 Å². The molecule has 2 aromatic carbocycles. The molecule has 1 N–H and O–H groups in total. The summed E-state index contributed by atoms with van der Waals surface area (Å²) >= 11 is 6.11. The van der Waals surface area contributed by atoms with E-state index in [0.29, 0.717) is 6.54 Å². The molecule has 1 aliphatic heterocycles. The van der Waals surface area contributed by atoms with Crippen molar-refractivity contribution in [2.75, 3.05) is 31.1 Å². The summed E-state index contributed by atoms with van der Waals surface area (Å²) in [6.45, 7) is 8.17. The Kier molecular flexibility index (Phi) is 6.18. The minimum Gasteiger partial charge on any atom is -0.369 e. The van der Waals surface area contributed by atoms with Gasteiger partial charge in [-0.15, -0.1) is 0 Å². The molecule has 6 rings (SSSR count). The maximum Gasteiger partial charge on any atom is 0.137 e. The highest BCUT2D eigenvalue weighted by molar-refractivity contribution is 6.13. The van der Waals surface area contributed by atoms with E-state index in [0.717, 1.165) is 76.4 Å². The Balaban J connectivity index is 1.31. The molecule has 0 unspecified atom stereocenters. The van der Waals surface area contributed by atoms with Crippen molar-refractivity contribution >= 4 is 28.5 Å². The summed E-state index contributed by atoms with van der Waals surface area (Å²) in [4.78, 5) is 10.4. The van der Waals surface area contributed by atoms with E-state index >= 15 is 0 Å². The Morgan fingerprint density at radius 2 is 1.76 bits per heavy atom. The van der Waals surface area contributed by atoms with Crippen LogP contribution in [0.25, 0.3) is 33.3 Å². The number of rotatable bonds is 5. The van der Waals surface area contributed by atoms with Gasteiger partial charge in [0.25, 0.3) is 0 Å². The van der Waals surface area contributed by atoms with E-state index in [1.807, 2.05) is 34.5 Å². The van der Waals surface area contributed by atoms with Gasteiger partial charge >= 0.3 is 0 Å². The fourth-order valence-corrected chi connectivity index (χ4v) is 5.37. The Morgan fingerprint density at radius 3 is 2.51 bits per heavy atom. The number of piperazine rings is 1. The van der Waals surface area contributed by atoms with Gasteiger partial charge in [0.05, 0.1) is 12.2 Å². The Labute approximate surface area is 220 Å². The van der Waals surface area contributed by atoms with E-state index in [1.54, 1.807) is 12.1 Å². The molecule has 1 saturated heterocycles. The van der Waals surface area contributed by atoms with Crippen molar-refractivity contribution in [1.82, 2.24) is 24.2 Å². The van der Waals surface area contributed by atoms with Crippen molar-refractivity contribution < 1.29 is 4.39 Å². The Bertz CT molecular complexity index is 1560. The summed E-state index contributed by atoms with van der Waals surface area (Å²) < 4.78 is 17.5. The SMILES string of the molecule is Cc1nn(Cc2cccc(F)c2)c(C)c1-c1c[nH]c2ncc(-c3ccc(N4CCN(Cl)CC4)cc3)cc12. The van der Waals surface area contributed by atoms with Crippen molar-refractivity contribution in [3.63, 3.8) is 0 Å². The highest BCUT2D eigenvalue weighted by atomic mass is 35.5. The molecule has 0 spiro atoms. The number of nitrogens with zero attached hydrogens (tertiary/aromatic N) is 5. The summed E-state index contributed by atoms with van der Waals surface area (Å²) in [5.74, 6) is -0.236. The number of anilines is 1. The fourth-order valence-electron chi connectivity index (χ4n) is 5.22. The molecule has 0 amide bonds. The van der Waals surface area contributed by atoms with E-state index in [4.69, 9.17) is 21.9 Å². The van der Waals surface area contributed by atoms with Crippen molar-refractivity contribution in [2.24, 2.45) is 0 Å². The molecule has 37 heavy (non-hydrogen) atoms. The van der Waals surface area contributed by atoms with Crippen LogP contribution < -0.4 is 4.90 Å². The van der Waals surface area contributed by atoms with Gasteiger partial charge in [0.15, 0.2) is 0 Å². The first-order chi connectivity index (χ1) is 18.0. The zero-order valence-corrected chi connectivity index (χ0v) is 21.6. The summed E-state index contributed by atoms with van der Waals surface area (Å²) in [5.41, 5.74) is 9.23. The number of fused-ring (bicyclic) bond motifs is 1. The number of aromatic nitrogens is 4. The van der Waals surface area contributed by atoms with Gasteiger partial charge in [0.2, 0.25) is 0 Å². The maximum absolute atomic E-state index is 13.7. The third-order valence-electron chi connectivity index (χ3n) is 7.19. The van der Waals surface area contributed by atoms with Crippen LogP contribution in [0.15, 0.2) is 67.0 Å². The molecule has 8 heteroatoms. The van der Waals surface area contributed by atoms with Crippen molar-refractivity contribution in [2.45, 2.75) is 20.4 Å². The van der Waals surface area contributed by atoms with E-state index in [1.165, 1.54) is 11.8 Å². The first-order valence-corrected chi connectivity index (χ1v) is 12.8. The number of benzene rings is 2. The fraction of sp³-hybridized carbons (Fsp3) is 0.241. The summed E-state index contributed by atoms with van der Waals surface area (Å²) in [6.07, 6.45) is 3.92. The normalized spacial score (nSPS) is 14.5. The van der Waals surface area contributed by atoms with E-state index in [2.05, 4.69) is 47.1 Å². The molecule has 4 heterocycles. The Morgan fingerprint density at radius 1 is 0.973 bits per heavy atom. The average Bonchev–Trinajstić information content (AvgIpc) is 3.43. The van der Waals surface area contributed by atoms with Crippen LogP contribution in [0.1, 0.15) is 17.0 Å². The van der Waals surface area contributed by atoms with Gasteiger partial charge in [-0.1, -0.05) is 24.3 Å². The number of hydrogen-bond acceptors (Lipinski definition) is 4. The molecule has 0 aliphatic carbocycles. The van der Waals surface area contributed by atoms with Gasteiger partial charge < -0.3 is 9.88 Å². The van der Waals surface area contributed by atoms with Crippen LogP contribution in [0.5, 0.6) is 0 Å². The summed E-state index contributed by atoms with van der Waals surface area (Å²) in [7, 11) is 0. The number of aryl methyl sites for hydroxylation is 1. The Hall–Kier alpha value is -3.68. The van der Waals surface area contributed by atoms with Gasteiger partial charge in [0, 0.05) is 72.0 Å². The van der Waals surface area contributed by atoms with Gasteiger partial charge in [-0.05, 0) is 67.1 Å². The van der Waals surface area contributed by atoms with Gasteiger partial charge in [-0.3, -0.25) is 4.68 Å². The summed E-state index contributed by atoms with van der Waals surface area (Å²) in [6, 6.07) is 17.5. The number of halogens is 2. The lowest BCUT2D eigenvalue weighted by molar-refractivity contribution is 0.416. The number of pyridine rings is 1. The first-order valence-electron chi connectivity index (χ1n) is 12.5. The van der Waals surface area contributed by atoms with Crippen LogP contribution in [0.2, 0.25) is 0 Å². The van der Waals surface area contributed by atoms with Crippen LogP contribution in [-0.4, -0.2) is 50.3 Å². The molecule has 0 atom stereocenters. The maximum atomic E-state index is 13.7. The zero-order chi connectivity index (χ0) is 25.5. The monoisotopic (exact) mass is 514 g/mol. The van der Waals surface area contributed by atoms with Crippen molar-refractivity contribution in [3.05, 3.63) is 89.8 Å². The molecule has 3 aromatic heterocycles. The van der Waals surface area contributed by atoms with Crippen molar-refractivity contribution in [1.29, 1.82) is 0 Å². The second kappa shape index (κ2) is 9.65. The summed E-state index contributed by atoms with van der Waals surface area (Å²) in [5, 5.41) is 5.83. The lowest BCUT2D eigenvalue weighted by Crippen LogP contribution is -2.42. The van der Waals surface area contributed by atoms with Crippen LogP contribution in [0, 0.1) is 19.7 Å². The number of nitrogens with one attached hydrogen (secondary N) is 1. The van der Waals surface area contributed by atoms with Crippen LogP contribution in [0.3, 0.4) is 0 Å². The third kappa shape index (κ3) is 4.61. The van der Waals surface area contributed by atoms with E-state index in [9.17, 15) is 4.39 Å². The average molecular weight is 515 g/mol. The third-order valence-corrected chi connectivity index (χ3v) is 7.53. The predicted molar refractivity (Wildman–Crippen MR) is 147 cm³/mol. The molecular formula is C29H28ClFN6. The molecule has 1 fully saturated rings. The largest absolute Gasteiger partial charge is 0.369 e. The molecule has 188 valence electrons. The second-order valence-electron chi connectivity index (χ2n) is 9.60. The number of hydrogen-bond donors (Lipinski definition) is 1. The smallest absolute Gasteiger partial charge is 0.137 e. The minimum absolute atomic E-state index is 0.236. The second-order valence-corrected chi connectivity index (χ2v) is 10.1. The predicted octanol–water partition coefficient (Wildman–Crippen LogP) is 6.17. The number of aromatic amines is 1. The van der Waals surface area contributed by atoms with Gasteiger partial charge in [-0.25, -0.2) is 13.8 Å². The van der Waals surface area contributed by atoms with Crippen LogP contribution in [0.4, 0.5) is 10.1 Å². The molecule has 0 radical (unpaired) electrons. The lowest BCUT2D eigenvalue weighted by Gasteiger charge is -2.32. The van der Waals surface area contributed by atoms with E-state index < -0.39 is 0 Å². The highest BCUT2D eigenvalue weighted by Crippen LogP contribution is 2.35. The van der Waals surface area contributed by atoms with E-state index in [-0.39, 0.29) is 5.82 Å². The standard InChI is InChI=1S/C29H28ClFN6/c1-19-28(20(2)37(34-19)18-21-4-3-5-24(31)14-21)27-17-33-29-26(27)15-23(16-32-29)22-6-8-25(9-7-22)35-10-12-36(30)13-11-35/h3-9,14-17H,10-13,18H2,1-2H3,(H,32,33).